The van der Waals surface area contributed by atoms with E-state index < -0.39 is 17.9 Å². The second-order valence-corrected chi connectivity index (χ2v) is 2.25. The quantitative estimate of drug-likeness (QED) is 0.415. The molecule has 0 fully saturated rings. The molecule has 4 nitrogen and oxygen atoms in total. The number of hydrogen-bond acceptors (Lipinski definition) is 4. The summed E-state index contributed by atoms with van der Waals surface area (Å²) in [5, 5.41) is 3.10. The van der Waals surface area contributed by atoms with Crippen molar-refractivity contribution in [2.45, 2.75) is 13.1 Å². The number of ether oxygens (including phenoxy) is 1. The Kier molecular flexibility index (Phi) is 5.43. The maximum Gasteiger partial charge on any atom is 0.409 e. The summed E-state index contributed by atoms with van der Waals surface area (Å²) >= 11 is 0. The van der Waals surface area contributed by atoms with Crippen LogP contribution in [0.5, 0.6) is 0 Å². The van der Waals surface area contributed by atoms with Gasteiger partial charge in [-0.1, -0.05) is 5.16 Å². The van der Waals surface area contributed by atoms with E-state index in [1.807, 2.05) is 0 Å². The van der Waals surface area contributed by atoms with Crippen LogP contribution in [0.2, 0.25) is 0 Å². The van der Waals surface area contributed by atoms with Crippen LogP contribution in [0.15, 0.2) is 17.3 Å². The lowest BCUT2D eigenvalue weighted by Crippen LogP contribution is -2.16. The van der Waals surface area contributed by atoms with Gasteiger partial charge in [-0.25, -0.2) is 4.79 Å². The minimum Gasteiger partial charge on any atom is -0.461 e. The predicted molar refractivity (Wildman–Crippen MR) is 46.3 cm³/mol. The second kappa shape index (κ2) is 6.05. The first-order valence-corrected chi connectivity index (χ1v) is 3.95. The van der Waals surface area contributed by atoms with Crippen molar-refractivity contribution in [3.05, 3.63) is 12.2 Å². The van der Waals surface area contributed by atoms with Gasteiger partial charge in [0.05, 0.1) is 6.61 Å². The number of oxime groups is 1. The van der Waals surface area contributed by atoms with Gasteiger partial charge in [0.15, 0.2) is 5.71 Å². The summed E-state index contributed by atoms with van der Waals surface area (Å²) < 4.78 is 39.8. The number of allylic oxidation sites excluding steroid dienone is 1. The van der Waals surface area contributed by atoms with Gasteiger partial charge in [-0.05, 0) is 13.0 Å². The van der Waals surface area contributed by atoms with E-state index in [1.165, 1.54) is 6.92 Å². The molecule has 0 rings (SSSR count). The highest BCUT2D eigenvalue weighted by Crippen LogP contribution is 2.15. The molecule has 0 saturated carbocycles. The van der Waals surface area contributed by atoms with E-state index in [2.05, 4.69) is 14.7 Å². The van der Waals surface area contributed by atoms with E-state index in [1.54, 1.807) is 0 Å². The summed E-state index contributed by atoms with van der Waals surface area (Å²) in [4.78, 5) is 15.2. The number of hydrogen-bond donors (Lipinski definition) is 0. The molecule has 7 heteroatoms. The maximum absolute atomic E-state index is 11.8. The van der Waals surface area contributed by atoms with Crippen molar-refractivity contribution in [3.8, 4) is 0 Å². The lowest BCUT2D eigenvalue weighted by molar-refractivity contribution is -0.135. The molecule has 0 N–H and O–H groups in total. The fourth-order valence-corrected chi connectivity index (χ4v) is 0.613. The van der Waals surface area contributed by atoms with Crippen LogP contribution in [-0.4, -0.2) is 31.6 Å². The maximum atomic E-state index is 11.8. The average Bonchev–Trinajstić information content (AvgIpc) is 2.11. The first-order chi connectivity index (χ1) is 6.90. The first-order valence-electron chi connectivity index (χ1n) is 3.95. The number of carbonyl (C=O) groups is 1. The number of nitrogens with zero attached hydrogens (tertiary/aromatic N) is 1. The van der Waals surface area contributed by atoms with Crippen LogP contribution in [0.25, 0.3) is 0 Å². The largest absolute Gasteiger partial charge is 0.461 e. The molecule has 0 spiro atoms. The van der Waals surface area contributed by atoms with Gasteiger partial charge >= 0.3 is 12.1 Å². The van der Waals surface area contributed by atoms with Crippen molar-refractivity contribution in [1.82, 2.24) is 0 Å². The predicted octanol–water partition coefficient (Wildman–Crippen LogP) is 1.67. The fraction of sp³-hybridized carbons (Fsp3) is 0.500. The zero-order valence-electron chi connectivity index (χ0n) is 8.17. The summed E-state index contributed by atoms with van der Waals surface area (Å²) in [6, 6.07) is 0. The van der Waals surface area contributed by atoms with Gasteiger partial charge in [0.2, 0.25) is 0 Å². The third-order valence-corrected chi connectivity index (χ3v) is 1.10. The SMILES string of the molecule is CCOC(=O)C(/C=C/C(F)(F)F)=N/OC. The van der Waals surface area contributed by atoms with Crippen LogP contribution in [0, 0.1) is 0 Å². The molecule has 0 unspecified atom stereocenters. The minimum absolute atomic E-state index is 0.0431. The molecule has 0 aliphatic carbocycles. The van der Waals surface area contributed by atoms with Gasteiger partial charge in [0.1, 0.15) is 7.11 Å². The number of halogens is 3. The van der Waals surface area contributed by atoms with Gasteiger partial charge < -0.3 is 9.57 Å². The Morgan fingerprint density at radius 2 is 2.07 bits per heavy atom. The minimum atomic E-state index is -4.51. The topological polar surface area (TPSA) is 47.9 Å². The van der Waals surface area contributed by atoms with Crippen molar-refractivity contribution >= 4 is 11.7 Å². The molecule has 0 bridgehead atoms. The summed E-state index contributed by atoms with van der Waals surface area (Å²) in [6.07, 6.45) is -4.15. The Morgan fingerprint density at radius 1 is 1.47 bits per heavy atom. The highest BCUT2D eigenvalue weighted by atomic mass is 19.4. The molecule has 0 saturated heterocycles. The molecule has 0 aromatic carbocycles. The summed E-state index contributed by atoms with van der Waals surface area (Å²) in [7, 11) is 1.11. The Morgan fingerprint density at radius 3 is 2.47 bits per heavy atom. The van der Waals surface area contributed by atoms with Crippen LogP contribution in [-0.2, 0) is 14.4 Å². The molecular formula is C8H10F3NO3. The highest BCUT2D eigenvalue weighted by molar-refractivity contribution is 6.41. The molecule has 0 aromatic rings. The van der Waals surface area contributed by atoms with Gasteiger partial charge in [0, 0.05) is 6.08 Å². The van der Waals surface area contributed by atoms with Gasteiger partial charge in [-0.3, -0.25) is 0 Å². The Hall–Kier alpha value is -1.53. The molecule has 0 heterocycles. The number of alkyl halides is 3. The van der Waals surface area contributed by atoms with Crippen LogP contribution in [0.3, 0.4) is 0 Å². The second-order valence-electron chi connectivity index (χ2n) is 2.25. The van der Waals surface area contributed by atoms with E-state index in [0.717, 1.165) is 7.11 Å². The molecule has 0 aromatic heterocycles. The lowest BCUT2D eigenvalue weighted by Gasteiger charge is -2.01. The van der Waals surface area contributed by atoms with Gasteiger partial charge in [0.25, 0.3) is 0 Å². The average molecular weight is 225 g/mol. The molecule has 0 aliphatic rings. The summed E-state index contributed by atoms with van der Waals surface area (Å²) in [6.45, 7) is 1.57. The zero-order chi connectivity index (χ0) is 11.9. The van der Waals surface area contributed by atoms with Crippen molar-refractivity contribution in [1.29, 1.82) is 0 Å². The van der Waals surface area contributed by atoms with Crippen LogP contribution < -0.4 is 0 Å². The number of rotatable bonds is 4. The smallest absolute Gasteiger partial charge is 0.409 e. The monoisotopic (exact) mass is 225 g/mol. The molecule has 0 atom stereocenters. The molecule has 0 aliphatic heterocycles. The van der Waals surface area contributed by atoms with E-state index in [9.17, 15) is 18.0 Å². The normalized spacial score (nSPS) is 13.0. The van der Waals surface area contributed by atoms with Crippen LogP contribution in [0.4, 0.5) is 13.2 Å². The van der Waals surface area contributed by atoms with E-state index >= 15 is 0 Å². The lowest BCUT2D eigenvalue weighted by atomic mass is 10.3. The standard InChI is InChI=1S/C8H10F3NO3/c1-3-15-7(13)6(12-14-2)4-5-8(9,10)11/h4-5H,3H2,1-2H3/b5-4+,12-6+. The van der Waals surface area contributed by atoms with Crippen LogP contribution >= 0.6 is 0 Å². The van der Waals surface area contributed by atoms with E-state index in [4.69, 9.17) is 0 Å². The third-order valence-electron chi connectivity index (χ3n) is 1.10. The molecule has 0 radical (unpaired) electrons. The summed E-state index contributed by atoms with van der Waals surface area (Å²) in [5.74, 6) is -0.972. The van der Waals surface area contributed by atoms with Crippen molar-refractivity contribution in [3.63, 3.8) is 0 Å². The van der Waals surface area contributed by atoms with Crippen molar-refractivity contribution in [2.24, 2.45) is 5.16 Å². The Bertz CT molecular complexity index is 271. The van der Waals surface area contributed by atoms with Crippen molar-refractivity contribution < 1.29 is 27.5 Å². The van der Waals surface area contributed by atoms with Gasteiger partial charge in [-0.2, -0.15) is 13.2 Å². The van der Waals surface area contributed by atoms with Crippen molar-refractivity contribution in [2.75, 3.05) is 13.7 Å². The molecular weight excluding hydrogens is 215 g/mol. The Labute approximate surface area is 84.3 Å². The molecule has 15 heavy (non-hydrogen) atoms. The van der Waals surface area contributed by atoms with E-state index in [-0.39, 0.29) is 12.7 Å². The van der Waals surface area contributed by atoms with Gasteiger partial charge in [-0.15, -0.1) is 0 Å². The number of carbonyl (C=O) groups excluding carboxylic acids is 1. The first kappa shape index (κ1) is 13.5. The number of esters is 1. The zero-order valence-corrected chi connectivity index (χ0v) is 8.17. The van der Waals surface area contributed by atoms with Crippen LogP contribution in [0.1, 0.15) is 6.92 Å². The highest BCUT2D eigenvalue weighted by Gasteiger charge is 2.23. The third kappa shape index (κ3) is 6.53. The fourth-order valence-electron chi connectivity index (χ4n) is 0.613. The molecule has 0 amide bonds. The van der Waals surface area contributed by atoms with E-state index in [0.29, 0.717) is 6.08 Å². The molecule has 86 valence electrons. The Balaban J connectivity index is 4.63. The summed E-state index contributed by atoms with van der Waals surface area (Å²) in [5.41, 5.74) is -0.545.